The number of aliphatic hydroxyl groups is 1. The summed E-state index contributed by atoms with van der Waals surface area (Å²) < 4.78 is 0. The summed E-state index contributed by atoms with van der Waals surface area (Å²) in [5.41, 5.74) is 2.85. The number of aliphatic hydroxyl groups excluding tert-OH is 1. The normalized spacial score (nSPS) is 9.58. The van der Waals surface area contributed by atoms with Crippen molar-refractivity contribution in [2.45, 2.75) is 6.92 Å². The van der Waals surface area contributed by atoms with Crippen LogP contribution in [0, 0.1) is 18.8 Å². The van der Waals surface area contributed by atoms with Gasteiger partial charge in [-0.05, 0) is 36.8 Å². The number of hydrogen-bond acceptors (Lipinski definition) is 2. The molecule has 0 aliphatic heterocycles. The first-order valence-corrected chi connectivity index (χ1v) is 5.86. The third kappa shape index (κ3) is 3.24. The third-order valence-electron chi connectivity index (χ3n) is 2.57. The summed E-state index contributed by atoms with van der Waals surface area (Å²) in [7, 11) is 0. The fraction of sp³-hybridized carbons (Fsp3) is 0.133. The van der Waals surface area contributed by atoms with Crippen LogP contribution >= 0.6 is 0 Å². The van der Waals surface area contributed by atoms with Crippen LogP contribution in [-0.4, -0.2) is 22.6 Å². The molecule has 3 N–H and O–H groups in total. The number of nitrogens with one attached hydrogen (secondary N) is 2. The van der Waals surface area contributed by atoms with E-state index in [-0.39, 0.29) is 12.5 Å². The smallest absolute Gasteiger partial charge is 0.272 e. The van der Waals surface area contributed by atoms with Crippen LogP contribution in [0.15, 0.2) is 36.5 Å². The van der Waals surface area contributed by atoms with E-state index in [0.717, 1.165) is 5.56 Å². The Hall–Kier alpha value is -2.51. The Morgan fingerprint density at radius 3 is 2.95 bits per heavy atom. The maximum absolute atomic E-state index is 11.9. The minimum absolute atomic E-state index is 0.210. The van der Waals surface area contributed by atoms with Crippen molar-refractivity contribution in [1.82, 2.24) is 4.98 Å². The summed E-state index contributed by atoms with van der Waals surface area (Å²) in [6, 6.07) is 9.03. The zero-order valence-electron chi connectivity index (χ0n) is 10.5. The topological polar surface area (TPSA) is 65.1 Å². The van der Waals surface area contributed by atoms with Crippen molar-refractivity contribution in [3.05, 3.63) is 53.3 Å². The van der Waals surface area contributed by atoms with E-state index in [1.807, 2.05) is 19.1 Å². The van der Waals surface area contributed by atoms with E-state index in [2.05, 4.69) is 22.1 Å². The van der Waals surface area contributed by atoms with Gasteiger partial charge < -0.3 is 15.4 Å². The van der Waals surface area contributed by atoms with Gasteiger partial charge in [0.2, 0.25) is 0 Å². The molecule has 4 heteroatoms. The first-order valence-electron chi connectivity index (χ1n) is 5.86. The number of rotatable bonds is 2. The van der Waals surface area contributed by atoms with Crippen molar-refractivity contribution < 1.29 is 9.90 Å². The van der Waals surface area contributed by atoms with E-state index in [0.29, 0.717) is 16.9 Å². The van der Waals surface area contributed by atoms with Gasteiger partial charge in [0.25, 0.3) is 5.91 Å². The number of aryl methyl sites for hydroxylation is 1. The van der Waals surface area contributed by atoms with E-state index in [1.165, 1.54) is 0 Å². The second-order valence-corrected chi connectivity index (χ2v) is 4.05. The predicted molar refractivity (Wildman–Crippen MR) is 73.9 cm³/mol. The molecule has 0 bridgehead atoms. The van der Waals surface area contributed by atoms with Crippen LogP contribution in [-0.2, 0) is 0 Å². The van der Waals surface area contributed by atoms with E-state index < -0.39 is 0 Å². The van der Waals surface area contributed by atoms with Crippen LogP contribution < -0.4 is 5.32 Å². The molecule has 2 rings (SSSR count). The highest BCUT2D eigenvalue weighted by atomic mass is 16.2. The van der Waals surface area contributed by atoms with Gasteiger partial charge in [0, 0.05) is 11.8 Å². The lowest BCUT2D eigenvalue weighted by Crippen LogP contribution is -2.13. The maximum atomic E-state index is 11.9. The number of aromatic nitrogens is 1. The van der Waals surface area contributed by atoms with Crippen molar-refractivity contribution in [2.24, 2.45) is 0 Å². The van der Waals surface area contributed by atoms with Crippen LogP contribution in [0.4, 0.5) is 5.69 Å². The van der Waals surface area contributed by atoms with E-state index in [1.54, 1.807) is 24.4 Å². The monoisotopic (exact) mass is 254 g/mol. The Morgan fingerprint density at radius 2 is 2.26 bits per heavy atom. The number of amides is 1. The highest BCUT2D eigenvalue weighted by molar-refractivity contribution is 6.03. The lowest BCUT2D eigenvalue weighted by molar-refractivity contribution is 0.102. The van der Waals surface area contributed by atoms with Crippen LogP contribution in [0.25, 0.3) is 0 Å². The lowest BCUT2D eigenvalue weighted by atomic mass is 10.1. The average Bonchev–Trinajstić information content (AvgIpc) is 2.93. The van der Waals surface area contributed by atoms with Crippen molar-refractivity contribution >= 4 is 11.6 Å². The van der Waals surface area contributed by atoms with E-state index in [4.69, 9.17) is 5.11 Å². The van der Waals surface area contributed by atoms with E-state index >= 15 is 0 Å². The zero-order chi connectivity index (χ0) is 13.7. The molecule has 0 atom stereocenters. The van der Waals surface area contributed by atoms with Gasteiger partial charge in [-0.15, -0.1) is 0 Å². The van der Waals surface area contributed by atoms with Gasteiger partial charge in [-0.3, -0.25) is 4.79 Å². The number of anilines is 1. The van der Waals surface area contributed by atoms with Gasteiger partial charge in [0.1, 0.15) is 12.3 Å². The fourth-order valence-corrected chi connectivity index (χ4v) is 1.67. The largest absolute Gasteiger partial charge is 0.384 e. The SMILES string of the molecule is Cc1ccc(NC(=O)c2ccc[nH]2)c(C#CCO)c1. The quantitative estimate of drug-likeness (QED) is 0.717. The Bertz CT molecular complexity index is 634. The average molecular weight is 254 g/mol. The molecule has 1 aromatic carbocycles. The number of hydrogen-bond donors (Lipinski definition) is 3. The van der Waals surface area contributed by atoms with Gasteiger partial charge in [-0.2, -0.15) is 0 Å². The summed E-state index contributed by atoms with van der Waals surface area (Å²) in [6.07, 6.45) is 1.69. The second-order valence-electron chi connectivity index (χ2n) is 4.05. The molecule has 0 saturated heterocycles. The Morgan fingerprint density at radius 1 is 1.42 bits per heavy atom. The van der Waals surface area contributed by atoms with Crippen molar-refractivity contribution in [3.63, 3.8) is 0 Å². The van der Waals surface area contributed by atoms with Crippen molar-refractivity contribution in [3.8, 4) is 11.8 Å². The first kappa shape index (κ1) is 12.9. The molecular weight excluding hydrogens is 240 g/mol. The van der Waals surface area contributed by atoms with Crippen LogP contribution in [0.2, 0.25) is 0 Å². The lowest BCUT2D eigenvalue weighted by Gasteiger charge is -2.07. The van der Waals surface area contributed by atoms with Crippen LogP contribution in [0.5, 0.6) is 0 Å². The second kappa shape index (κ2) is 5.89. The van der Waals surface area contributed by atoms with Crippen molar-refractivity contribution in [1.29, 1.82) is 0 Å². The molecule has 96 valence electrons. The molecule has 1 amide bonds. The molecule has 0 unspecified atom stereocenters. The summed E-state index contributed by atoms with van der Waals surface area (Å²) in [5, 5.41) is 11.5. The summed E-state index contributed by atoms with van der Waals surface area (Å²) in [6.45, 7) is 1.73. The molecule has 1 aromatic heterocycles. The molecule has 0 fully saturated rings. The fourth-order valence-electron chi connectivity index (χ4n) is 1.67. The van der Waals surface area contributed by atoms with Gasteiger partial charge in [-0.25, -0.2) is 0 Å². The maximum Gasteiger partial charge on any atom is 0.272 e. The summed E-state index contributed by atoms with van der Waals surface area (Å²) >= 11 is 0. The predicted octanol–water partition coefficient (Wildman–Crippen LogP) is 1.92. The Balaban J connectivity index is 2.27. The van der Waals surface area contributed by atoms with E-state index in [9.17, 15) is 4.79 Å². The number of carbonyl (C=O) groups excluding carboxylic acids is 1. The van der Waals surface area contributed by atoms with Gasteiger partial charge in [0.05, 0.1) is 5.69 Å². The number of H-pyrrole nitrogens is 1. The molecule has 0 saturated carbocycles. The highest BCUT2D eigenvalue weighted by Crippen LogP contribution is 2.17. The number of benzene rings is 1. The minimum atomic E-state index is -0.221. The first-order chi connectivity index (χ1) is 9.20. The molecule has 0 radical (unpaired) electrons. The summed E-state index contributed by atoms with van der Waals surface area (Å²) in [5.74, 6) is 5.19. The molecule has 0 spiro atoms. The van der Waals surface area contributed by atoms with Crippen LogP contribution in [0.3, 0.4) is 0 Å². The molecule has 0 aliphatic carbocycles. The Labute approximate surface area is 111 Å². The summed E-state index contributed by atoms with van der Waals surface area (Å²) in [4.78, 5) is 14.8. The van der Waals surface area contributed by atoms with Crippen LogP contribution in [0.1, 0.15) is 21.6 Å². The minimum Gasteiger partial charge on any atom is -0.384 e. The highest BCUT2D eigenvalue weighted by Gasteiger charge is 2.08. The molecule has 1 heterocycles. The molecule has 19 heavy (non-hydrogen) atoms. The molecule has 4 nitrogen and oxygen atoms in total. The standard InChI is InChI=1S/C15H14N2O2/c1-11-6-7-13(12(10-11)4-3-9-18)17-15(19)14-5-2-8-16-14/h2,5-8,10,16,18H,9H2,1H3,(H,17,19). The van der Waals surface area contributed by atoms with Gasteiger partial charge in [-0.1, -0.05) is 17.9 Å². The van der Waals surface area contributed by atoms with Gasteiger partial charge >= 0.3 is 0 Å². The number of carbonyl (C=O) groups is 1. The number of aromatic amines is 1. The molecule has 2 aromatic rings. The van der Waals surface area contributed by atoms with Crippen molar-refractivity contribution in [2.75, 3.05) is 11.9 Å². The zero-order valence-corrected chi connectivity index (χ0v) is 10.5. The third-order valence-corrected chi connectivity index (χ3v) is 2.57. The Kier molecular flexibility index (Phi) is 4.01. The molecular formula is C15H14N2O2. The molecule has 0 aliphatic rings. The van der Waals surface area contributed by atoms with Gasteiger partial charge in [0.15, 0.2) is 0 Å².